The van der Waals surface area contributed by atoms with Gasteiger partial charge in [-0.3, -0.25) is 19.8 Å². The summed E-state index contributed by atoms with van der Waals surface area (Å²) < 4.78 is 77.6. The fourth-order valence-corrected chi connectivity index (χ4v) is 5.31. The van der Waals surface area contributed by atoms with Gasteiger partial charge in [-0.1, -0.05) is 0 Å². The van der Waals surface area contributed by atoms with Gasteiger partial charge < -0.3 is 30.3 Å². The van der Waals surface area contributed by atoms with Crippen molar-refractivity contribution in [3.8, 4) is 0 Å². The number of guanidine groups is 1. The van der Waals surface area contributed by atoms with E-state index in [1.54, 1.807) is 11.8 Å². The summed E-state index contributed by atoms with van der Waals surface area (Å²) in [6.07, 6.45) is -4.77. The average Bonchev–Trinajstić information content (AvgIpc) is 3.75. The number of morpholine rings is 1. The topological polar surface area (TPSA) is 184 Å². The zero-order valence-electron chi connectivity index (χ0n) is 22.3. The van der Waals surface area contributed by atoms with Crippen LogP contribution in [0.25, 0.3) is 0 Å². The van der Waals surface area contributed by atoms with Gasteiger partial charge >= 0.3 is 12.1 Å². The number of carbonyl (C=O) groups is 3. The largest absolute Gasteiger partial charge is 0.465 e. The highest BCUT2D eigenvalue weighted by molar-refractivity contribution is 7.89. The van der Waals surface area contributed by atoms with E-state index in [4.69, 9.17) is 20.6 Å². The molecule has 1 saturated carbocycles. The van der Waals surface area contributed by atoms with Crippen LogP contribution in [0.3, 0.4) is 0 Å². The predicted molar refractivity (Wildman–Crippen MR) is 138 cm³/mol. The molecule has 2 atom stereocenters. The van der Waals surface area contributed by atoms with Gasteiger partial charge in [0.25, 0.3) is 0 Å². The number of nitrogens with zero attached hydrogens (tertiary/aromatic N) is 2. The van der Waals surface area contributed by atoms with Gasteiger partial charge in [-0.2, -0.15) is 17.9 Å². The Hall–Kier alpha value is -3.44. The normalized spacial score (nSPS) is 18.3. The summed E-state index contributed by atoms with van der Waals surface area (Å²) in [6, 6.07) is 0.615. The quantitative estimate of drug-likeness (QED) is 0.145. The van der Waals surface area contributed by atoms with Crippen molar-refractivity contribution in [2.45, 2.75) is 55.4 Å². The van der Waals surface area contributed by atoms with E-state index in [2.05, 4.69) is 10.0 Å². The molecule has 0 bridgehead atoms. The number of hydrogen-bond acceptors (Lipinski definition) is 8. The first-order valence-electron chi connectivity index (χ1n) is 12.8. The maximum Gasteiger partial charge on any atom is 0.416 e. The second-order valence-corrected chi connectivity index (χ2v) is 11.2. The summed E-state index contributed by atoms with van der Waals surface area (Å²) >= 11 is 0. The number of carbonyl (C=O) groups excluding carboxylic acids is 3. The third kappa shape index (κ3) is 9.29. The van der Waals surface area contributed by atoms with Crippen LogP contribution in [0.1, 0.15) is 31.7 Å². The number of benzene rings is 1. The van der Waals surface area contributed by atoms with E-state index >= 15 is 0 Å². The van der Waals surface area contributed by atoms with Crippen molar-refractivity contribution in [3.05, 3.63) is 29.8 Å². The van der Waals surface area contributed by atoms with Crippen LogP contribution in [0, 0.1) is 5.41 Å². The molecule has 1 aliphatic carbocycles. The first kappa shape index (κ1) is 32.1. The minimum absolute atomic E-state index is 0.0235. The summed E-state index contributed by atoms with van der Waals surface area (Å²) in [6.45, 7) is 2.05. The van der Waals surface area contributed by atoms with Crippen molar-refractivity contribution in [1.82, 2.24) is 19.8 Å². The van der Waals surface area contributed by atoms with Crippen molar-refractivity contribution in [1.29, 1.82) is 5.41 Å². The molecular weight excluding hydrogens is 573 g/mol. The number of nitrogens with one attached hydrogen (secondary N) is 3. The molecule has 2 fully saturated rings. The molecule has 41 heavy (non-hydrogen) atoms. The van der Waals surface area contributed by atoms with Gasteiger partial charge in [-0.05, 0) is 44.0 Å². The molecule has 1 aromatic carbocycles. The summed E-state index contributed by atoms with van der Waals surface area (Å²) in [4.78, 5) is 40.6. The van der Waals surface area contributed by atoms with Gasteiger partial charge in [0.15, 0.2) is 5.96 Å². The van der Waals surface area contributed by atoms with E-state index in [1.807, 2.05) is 0 Å². The molecule has 1 aliphatic heterocycles. The van der Waals surface area contributed by atoms with Gasteiger partial charge in [0.1, 0.15) is 12.6 Å². The Bertz CT molecular complexity index is 1230. The SMILES string of the molecule is CCOC(=O)CN(C(=O)[C@H](CC(=O)NC[C@H]1CN(C(=N)N)CCO1)NS(=O)(=O)c1ccc(C(F)(F)F)cc1)C1CC1. The Labute approximate surface area is 235 Å². The lowest BCUT2D eigenvalue weighted by Gasteiger charge is -2.33. The summed E-state index contributed by atoms with van der Waals surface area (Å²) in [7, 11) is -4.57. The van der Waals surface area contributed by atoms with Crippen molar-refractivity contribution in [2.24, 2.45) is 5.73 Å². The van der Waals surface area contributed by atoms with Crippen LogP contribution < -0.4 is 15.8 Å². The Morgan fingerprint density at radius 1 is 1.24 bits per heavy atom. The third-order valence-electron chi connectivity index (χ3n) is 6.36. The minimum Gasteiger partial charge on any atom is -0.465 e. The van der Waals surface area contributed by atoms with Gasteiger partial charge in [-0.25, -0.2) is 8.42 Å². The molecule has 0 spiro atoms. The molecule has 1 heterocycles. The number of ether oxygens (including phenoxy) is 2. The minimum atomic E-state index is -4.69. The van der Waals surface area contributed by atoms with E-state index in [9.17, 15) is 36.0 Å². The Kier molecular flexibility index (Phi) is 10.5. The Morgan fingerprint density at radius 2 is 1.90 bits per heavy atom. The highest BCUT2D eigenvalue weighted by Crippen LogP contribution is 2.30. The monoisotopic (exact) mass is 606 g/mol. The summed E-state index contributed by atoms with van der Waals surface area (Å²) in [5.74, 6) is -2.46. The molecule has 0 unspecified atom stereocenters. The van der Waals surface area contributed by atoms with Gasteiger partial charge in [0, 0.05) is 25.7 Å². The number of esters is 1. The number of amides is 2. The maximum atomic E-state index is 13.5. The maximum absolute atomic E-state index is 13.5. The molecule has 17 heteroatoms. The van der Waals surface area contributed by atoms with Crippen LogP contribution >= 0.6 is 0 Å². The van der Waals surface area contributed by atoms with Crippen LogP contribution in [-0.2, 0) is 40.1 Å². The predicted octanol–water partition coefficient (Wildman–Crippen LogP) is 0.00697. The highest BCUT2D eigenvalue weighted by Gasteiger charge is 2.40. The van der Waals surface area contributed by atoms with Gasteiger partial charge in [-0.15, -0.1) is 0 Å². The third-order valence-corrected chi connectivity index (χ3v) is 7.85. The molecule has 0 aromatic heterocycles. The second kappa shape index (κ2) is 13.5. The van der Waals surface area contributed by atoms with Crippen molar-refractivity contribution in [3.63, 3.8) is 0 Å². The highest BCUT2D eigenvalue weighted by atomic mass is 32.2. The zero-order chi connectivity index (χ0) is 30.4. The Balaban J connectivity index is 1.77. The van der Waals surface area contributed by atoms with Crippen molar-refractivity contribution < 1.29 is 45.4 Å². The number of hydrogen-bond donors (Lipinski definition) is 4. The molecule has 1 aromatic rings. The summed E-state index contributed by atoms with van der Waals surface area (Å²) in [5.41, 5.74) is 4.44. The molecule has 2 aliphatic rings. The molecule has 228 valence electrons. The van der Waals surface area contributed by atoms with Crippen molar-refractivity contribution in [2.75, 3.05) is 39.4 Å². The fourth-order valence-electron chi connectivity index (χ4n) is 4.12. The standard InChI is InChI=1S/C24H33F3N6O7S/c1-2-39-21(35)14-33(16-5-6-16)22(36)19(11-20(34)30-12-17-13-32(23(28)29)9-10-40-17)31-41(37,38)18-7-3-15(4-8-18)24(25,26)27/h3-4,7-8,16-17,19,31H,2,5-6,9-14H2,1H3,(H3,28,29)(H,30,34)/t17-,19-/m0/s1. The molecule has 0 radical (unpaired) electrons. The lowest BCUT2D eigenvalue weighted by Crippen LogP contribution is -2.54. The van der Waals surface area contributed by atoms with E-state index < -0.39 is 69.6 Å². The van der Waals surface area contributed by atoms with E-state index in [-0.39, 0.29) is 38.3 Å². The molecule has 1 saturated heterocycles. The molecular formula is C24H33F3N6O7S. The molecule has 5 N–H and O–H groups in total. The number of halogens is 3. The number of alkyl halides is 3. The van der Waals surface area contributed by atoms with Crippen LogP contribution in [-0.4, -0.2) is 99.5 Å². The van der Waals surface area contributed by atoms with Gasteiger partial charge in [0.05, 0.1) is 36.2 Å². The average molecular weight is 607 g/mol. The van der Waals surface area contributed by atoms with E-state index in [0.29, 0.717) is 31.5 Å². The summed E-state index contributed by atoms with van der Waals surface area (Å²) in [5, 5.41) is 10.1. The van der Waals surface area contributed by atoms with Crippen LogP contribution in [0.2, 0.25) is 0 Å². The lowest BCUT2D eigenvalue weighted by molar-refractivity contribution is -0.150. The zero-order valence-corrected chi connectivity index (χ0v) is 23.1. The Morgan fingerprint density at radius 3 is 2.46 bits per heavy atom. The number of sulfonamides is 1. The first-order valence-corrected chi connectivity index (χ1v) is 14.3. The van der Waals surface area contributed by atoms with E-state index in [1.165, 1.54) is 0 Å². The van der Waals surface area contributed by atoms with Crippen molar-refractivity contribution >= 4 is 33.8 Å². The smallest absolute Gasteiger partial charge is 0.416 e. The number of nitrogens with two attached hydrogens (primary N) is 1. The molecule has 3 rings (SSSR count). The van der Waals surface area contributed by atoms with Crippen LogP contribution in [0.5, 0.6) is 0 Å². The van der Waals surface area contributed by atoms with Crippen LogP contribution in [0.15, 0.2) is 29.2 Å². The van der Waals surface area contributed by atoms with Gasteiger partial charge in [0.2, 0.25) is 21.8 Å². The van der Waals surface area contributed by atoms with E-state index in [0.717, 1.165) is 17.0 Å². The second-order valence-electron chi connectivity index (χ2n) is 9.53. The lowest BCUT2D eigenvalue weighted by atomic mass is 10.1. The molecule has 2 amide bonds. The fraction of sp³-hybridized carbons (Fsp3) is 0.583. The number of rotatable bonds is 12. The molecule has 13 nitrogen and oxygen atoms in total. The first-order chi connectivity index (χ1) is 19.2. The van der Waals surface area contributed by atoms with Crippen LogP contribution in [0.4, 0.5) is 13.2 Å².